The highest BCUT2D eigenvalue weighted by Gasteiger charge is 2.49. The smallest absolute Gasteiger partial charge is 0.320 e. The minimum Gasteiger partial charge on any atom is -0.480 e. The average molecular weight is 165 g/mol. The van der Waals surface area contributed by atoms with Crippen LogP contribution >= 0.6 is 0 Å². The molecule has 0 heterocycles. The van der Waals surface area contributed by atoms with Crippen molar-refractivity contribution < 1.29 is 18.7 Å². The number of aliphatic carboxylic acids is 1. The Morgan fingerprint density at radius 1 is 1.64 bits per heavy atom. The van der Waals surface area contributed by atoms with Gasteiger partial charge >= 0.3 is 5.97 Å². The number of hydrogen-bond acceptors (Lipinski definition) is 2. The van der Waals surface area contributed by atoms with E-state index in [0.29, 0.717) is 0 Å². The van der Waals surface area contributed by atoms with Crippen molar-refractivity contribution in [1.29, 1.82) is 0 Å². The first-order chi connectivity index (χ1) is 4.92. The van der Waals surface area contributed by atoms with E-state index >= 15 is 0 Å². The normalized spacial score (nSPS) is 25.7. The predicted octanol–water partition coefficient (Wildman–Crippen LogP) is 0.444. The summed E-state index contributed by atoms with van der Waals surface area (Å²) >= 11 is 0. The van der Waals surface area contributed by atoms with Crippen LogP contribution in [0, 0.1) is 5.92 Å². The zero-order valence-corrected chi connectivity index (χ0v) is 5.76. The summed E-state index contributed by atoms with van der Waals surface area (Å²) in [5, 5.41) is 8.32. The molecule has 1 fully saturated rings. The van der Waals surface area contributed by atoms with Gasteiger partial charge in [-0.25, -0.2) is 8.78 Å². The number of carboxylic acids is 1. The van der Waals surface area contributed by atoms with Crippen molar-refractivity contribution >= 4 is 5.97 Å². The van der Waals surface area contributed by atoms with Gasteiger partial charge in [0.25, 0.3) is 0 Å². The van der Waals surface area contributed by atoms with Gasteiger partial charge in [-0.3, -0.25) is 4.79 Å². The summed E-state index contributed by atoms with van der Waals surface area (Å²) in [5.74, 6) is -4.44. The minimum absolute atomic E-state index is 0.388. The quantitative estimate of drug-likeness (QED) is 0.624. The van der Waals surface area contributed by atoms with Gasteiger partial charge in [-0.05, 0) is 5.92 Å². The summed E-state index contributed by atoms with van der Waals surface area (Å²) in [6.45, 7) is 0. The standard InChI is InChI=1S/C6H9F2NO2/c7-6(8)1-3(2-6)4(9)5(10)11/h3-4H,1-2,9H2,(H,10,11). The zero-order chi connectivity index (χ0) is 8.65. The Bertz CT molecular complexity index is 175. The molecule has 1 aliphatic carbocycles. The molecule has 1 saturated carbocycles. The van der Waals surface area contributed by atoms with E-state index in [2.05, 4.69) is 0 Å². The van der Waals surface area contributed by atoms with Crippen LogP contribution in [0.25, 0.3) is 0 Å². The summed E-state index contributed by atoms with van der Waals surface area (Å²) in [4.78, 5) is 10.2. The van der Waals surface area contributed by atoms with Gasteiger partial charge < -0.3 is 10.8 Å². The number of alkyl halides is 2. The molecule has 11 heavy (non-hydrogen) atoms. The molecule has 0 radical (unpaired) electrons. The predicted molar refractivity (Wildman–Crippen MR) is 33.3 cm³/mol. The maximum atomic E-state index is 12.2. The molecule has 3 nitrogen and oxygen atoms in total. The third-order valence-electron chi connectivity index (χ3n) is 1.91. The fourth-order valence-corrected chi connectivity index (χ4v) is 1.16. The van der Waals surface area contributed by atoms with Crippen molar-refractivity contribution in [2.75, 3.05) is 0 Å². The van der Waals surface area contributed by atoms with Crippen molar-refractivity contribution in [2.45, 2.75) is 24.8 Å². The summed E-state index contributed by atoms with van der Waals surface area (Å²) < 4.78 is 24.3. The molecule has 1 aliphatic rings. The van der Waals surface area contributed by atoms with Gasteiger partial charge in [-0.15, -0.1) is 0 Å². The first-order valence-corrected chi connectivity index (χ1v) is 3.28. The minimum atomic E-state index is -2.68. The van der Waals surface area contributed by atoms with Crippen LogP contribution in [-0.2, 0) is 4.79 Å². The molecule has 3 N–H and O–H groups in total. The average Bonchev–Trinajstić information content (AvgIpc) is 1.80. The fourth-order valence-electron chi connectivity index (χ4n) is 1.16. The Balaban J connectivity index is 2.38. The van der Waals surface area contributed by atoms with Crippen LogP contribution in [-0.4, -0.2) is 23.0 Å². The van der Waals surface area contributed by atoms with Crippen LogP contribution in [0.1, 0.15) is 12.8 Å². The largest absolute Gasteiger partial charge is 0.480 e. The summed E-state index contributed by atoms with van der Waals surface area (Å²) in [5.41, 5.74) is 5.11. The van der Waals surface area contributed by atoms with Gasteiger partial charge in [0.05, 0.1) is 0 Å². The third-order valence-corrected chi connectivity index (χ3v) is 1.91. The molecule has 0 aromatic carbocycles. The Morgan fingerprint density at radius 2 is 2.09 bits per heavy atom. The summed E-state index contributed by atoms with van der Waals surface area (Å²) in [6, 6.07) is -1.13. The van der Waals surface area contributed by atoms with E-state index in [0.717, 1.165) is 0 Å². The Labute approximate surface area is 62.2 Å². The first-order valence-electron chi connectivity index (χ1n) is 3.28. The highest BCUT2D eigenvalue weighted by Crippen LogP contribution is 2.43. The third kappa shape index (κ3) is 1.65. The lowest BCUT2D eigenvalue weighted by Crippen LogP contribution is -2.49. The number of halogens is 2. The van der Waals surface area contributed by atoms with Gasteiger partial charge in [-0.1, -0.05) is 0 Å². The van der Waals surface area contributed by atoms with Crippen molar-refractivity contribution in [3.05, 3.63) is 0 Å². The van der Waals surface area contributed by atoms with Crippen LogP contribution in [0.2, 0.25) is 0 Å². The van der Waals surface area contributed by atoms with E-state index in [-0.39, 0.29) is 12.8 Å². The van der Waals surface area contributed by atoms with Crippen molar-refractivity contribution in [3.8, 4) is 0 Å². The van der Waals surface area contributed by atoms with E-state index in [1.54, 1.807) is 0 Å². The van der Waals surface area contributed by atoms with Gasteiger partial charge in [0.1, 0.15) is 6.04 Å². The molecule has 1 atom stereocenters. The molecule has 0 saturated heterocycles. The highest BCUT2D eigenvalue weighted by molar-refractivity contribution is 5.73. The monoisotopic (exact) mass is 165 g/mol. The van der Waals surface area contributed by atoms with Crippen LogP contribution in [0.15, 0.2) is 0 Å². The van der Waals surface area contributed by atoms with Crippen molar-refractivity contribution in [3.63, 3.8) is 0 Å². The van der Waals surface area contributed by atoms with Crippen LogP contribution in [0.3, 0.4) is 0 Å². The topological polar surface area (TPSA) is 63.3 Å². The lowest BCUT2D eigenvalue weighted by molar-refractivity contribution is -0.150. The lowest BCUT2D eigenvalue weighted by Gasteiger charge is -2.36. The van der Waals surface area contributed by atoms with Gasteiger partial charge in [0.2, 0.25) is 5.92 Å². The second-order valence-electron chi connectivity index (χ2n) is 2.89. The zero-order valence-electron chi connectivity index (χ0n) is 5.76. The van der Waals surface area contributed by atoms with Gasteiger partial charge in [0, 0.05) is 12.8 Å². The second kappa shape index (κ2) is 2.41. The van der Waals surface area contributed by atoms with Gasteiger partial charge in [0.15, 0.2) is 0 Å². The number of carboxylic acid groups (broad SMARTS) is 1. The molecule has 64 valence electrons. The lowest BCUT2D eigenvalue weighted by atomic mass is 9.77. The Hall–Kier alpha value is -0.710. The van der Waals surface area contributed by atoms with Crippen LogP contribution < -0.4 is 5.73 Å². The highest BCUT2D eigenvalue weighted by atomic mass is 19.3. The Morgan fingerprint density at radius 3 is 2.36 bits per heavy atom. The van der Waals surface area contributed by atoms with Crippen molar-refractivity contribution in [2.24, 2.45) is 11.7 Å². The number of hydrogen-bond donors (Lipinski definition) is 2. The molecule has 1 unspecified atom stereocenters. The van der Waals surface area contributed by atoms with E-state index in [9.17, 15) is 13.6 Å². The van der Waals surface area contributed by atoms with E-state index in [1.165, 1.54) is 0 Å². The summed E-state index contributed by atoms with van der Waals surface area (Å²) in [7, 11) is 0. The molecule has 0 spiro atoms. The van der Waals surface area contributed by atoms with Crippen LogP contribution in [0.4, 0.5) is 8.78 Å². The maximum absolute atomic E-state index is 12.2. The molecule has 0 aromatic heterocycles. The molecule has 1 rings (SSSR count). The van der Waals surface area contributed by atoms with E-state index < -0.39 is 23.9 Å². The molecular formula is C6H9F2NO2. The number of rotatable bonds is 2. The molecule has 0 aromatic rings. The Kier molecular flexibility index (Phi) is 1.83. The van der Waals surface area contributed by atoms with E-state index in [1.807, 2.05) is 0 Å². The molecule has 5 heteroatoms. The van der Waals surface area contributed by atoms with E-state index in [4.69, 9.17) is 10.8 Å². The summed E-state index contributed by atoms with van der Waals surface area (Å²) in [6.07, 6.45) is -0.777. The molecule has 0 bridgehead atoms. The van der Waals surface area contributed by atoms with Crippen LogP contribution in [0.5, 0.6) is 0 Å². The van der Waals surface area contributed by atoms with Gasteiger partial charge in [-0.2, -0.15) is 0 Å². The second-order valence-corrected chi connectivity index (χ2v) is 2.89. The molecule has 0 amide bonds. The number of nitrogens with two attached hydrogens (primary N) is 1. The molecular weight excluding hydrogens is 156 g/mol. The first kappa shape index (κ1) is 8.39. The fraction of sp³-hybridized carbons (Fsp3) is 0.833. The van der Waals surface area contributed by atoms with Crippen molar-refractivity contribution in [1.82, 2.24) is 0 Å². The number of carbonyl (C=O) groups is 1. The molecule has 0 aliphatic heterocycles. The maximum Gasteiger partial charge on any atom is 0.320 e. The SMILES string of the molecule is NC(C(=O)O)C1CC(F)(F)C1.